The van der Waals surface area contributed by atoms with Crippen LogP contribution < -0.4 is 0 Å². The Hall–Kier alpha value is 0.568. The van der Waals surface area contributed by atoms with Crippen LogP contribution in [-0.4, -0.2) is 62.6 Å². The molecule has 1 saturated carbocycles. The quantitative estimate of drug-likeness (QED) is 0.0505. The van der Waals surface area contributed by atoms with Gasteiger partial charge in [-0.05, 0) is 76.4 Å². The number of aliphatic hydroxyl groups is 1. The first-order chi connectivity index (χ1) is 22.1. The van der Waals surface area contributed by atoms with Gasteiger partial charge in [0.25, 0.3) is 5.92 Å². The number of hydrogen-bond acceptors (Lipinski definition) is 6. The summed E-state index contributed by atoms with van der Waals surface area (Å²) in [5, 5.41) is 11.1. The van der Waals surface area contributed by atoms with E-state index in [9.17, 15) is 9.90 Å². The van der Waals surface area contributed by atoms with Gasteiger partial charge in [0.15, 0.2) is 14.6 Å². The number of halogens is 2. The van der Waals surface area contributed by atoms with Gasteiger partial charge in [0.2, 0.25) is 0 Å². The van der Waals surface area contributed by atoms with E-state index < -0.39 is 26.4 Å². The van der Waals surface area contributed by atoms with Crippen LogP contribution in [0, 0.1) is 55.9 Å². The Balaban J connectivity index is 0.0000115. The number of rotatable bonds is 22. The number of carbonyl (C=O) groups excluding carboxylic acids is 1. The van der Waals surface area contributed by atoms with Crippen LogP contribution in [0.1, 0.15) is 151 Å². The Labute approximate surface area is 329 Å². The van der Waals surface area contributed by atoms with Crippen LogP contribution in [0.2, 0.25) is 18.1 Å². The maximum atomic E-state index is 15.9. The average Bonchev–Trinajstić information content (AvgIpc) is 3.27. The van der Waals surface area contributed by atoms with Gasteiger partial charge in [-0.2, -0.15) is 0 Å². The molecule has 1 radical (unpaired) electrons. The van der Waals surface area contributed by atoms with E-state index in [2.05, 4.69) is 27.7 Å². The van der Waals surface area contributed by atoms with Gasteiger partial charge in [0.05, 0.1) is 18.3 Å². The number of ether oxygens (including phenoxy) is 3. The summed E-state index contributed by atoms with van der Waals surface area (Å²) in [5.74, 6) is -3.38. The van der Waals surface area contributed by atoms with E-state index in [4.69, 9.17) is 18.6 Å². The van der Waals surface area contributed by atoms with Crippen molar-refractivity contribution in [2.45, 2.75) is 205 Å². The molecule has 48 heavy (non-hydrogen) atoms. The first-order valence-corrected chi connectivity index (χ1v) is 21.9. The summed E-state index contributed by atoms with van der Waals surface area (Å²) in [6, 6.07) is 0. The summed E-state index contributed by atoms with van der Waals surface area (Å²) in [7, 11) is -2.50. The second-order valence-corrected chi connectivity index (χ2v) is 20.7. The van der Waals surface area contributed by atoms with Crippen molar-refractivity contribution in [1.82, 2.24) is 0 Å². The monoisotopic (exact) mass is 916 g/mol. The van der Waals surface area contributed by atoms with Crippen molar-refractivity contribution in [3.63, 3.8) is 0 Å². The number of alkyl halides is 2. The number of aliphatic hydroxyl groups excluding tert-OH is 1. The van der Waals surface area contributed by atoms with Crippen LogP contribution in [0.4, 0.5) is 8.78 Å². The minimum atomic E-state index is -2.99. The normalized spacial score (nSPS) is 24.6. The SMILES string of the molecule is CCCCCCC(F)(F)C(/C=C/[C@H]1C(OC2CCCCO2)CC(O)C1CCCCCCCCC(=O)OC(C)C)O[Si](C)(C)C(C)(C)C.[Ac]. The van der Waals surface area contributed by atoms with Gasteiger partial charge in [0.1, 0.15) is 6.10 Å². The second kappa shape index (κ2) is 23.3. The first-order valence-electron chi connectivity index (χ1n) is 19.0. The molecule has 279 valence electrons. The standard InChI is InChI=1S/C38H70F2O6Si.Ac/c1-9-10-11-19-26-38(39,40)34(46-47(7,8)37(4,5)6)25-24-31-30(32(41)28-33(31)45-36-23-18-20-27-43-36)21-16-14-12-13-15-17-22-35(42)44-29(2)3;/h24-25,29-34,36,41H,9-23,26-28H2,1-8H3;/b25-24+;/t30?,31-,32?,33?,34?,36?;/m1./s1. The van der Waals surface area contributed by atoms with Crippen molar-refractivity contribution in [3.8, 4) is 0 Å². The zero-order chi connectivity index (χ0) is 35.1. The Kier molecular flexibility index (Phi) is 22.6. The number of esters is 1. The van der Waals surface area contributed by atoms with Crippen LogP contribution in [0.3, 0.4) is 0 Å². The molecule has 0 aromatic heterocycles. The van der Waals surface area contributed by atoms with Crippen LogP contribution >= 0.6 is 0 Å². The predicted octanol–water partition coefficient (Wildman–Crippen LogP) is 10.5. The molecule has 0 aromatic rings. The Bertz CT molecular complexity index is 906. The molecule has 1 heterocycles. The van der Waals surface area contributed by atoms with E-state index in [1.807, 2.05) is 33.0 Å². The number of hydrogen-bond donors (Lipinski definition) is 1. The summed E-state index contributed by atoms with van der Waals surface area (Å²) >= 11 is 0. The van der Waals surface area contributed by atoms with E-state index in [0.717, 1.165) is 83.5 Å². The fourth-order valence-corrected chi connectivity index (χ4v) is 7.75. The van der Waals surface area contributed by atoms with Crippen molar-refractivity contribution in [3.05, 3.63) is 12.2 Å². The molecule has 1 N–H and O–H groups in total. The third kappa shape index (κ3) is 16.9. The summed E-state index contributed by atoms with van der Waals surface area (Å²) in [4.78, 5) is 11.8. The van der Waals surface area contributed by atoms with Gasteiger partial charge in [-0.25, -0.2) is 8.78 Å². The maximum Gasteiger partial charge on any atom is 0.306 e. The van der Waals surface area contributed by atoms with E-state index in [-0.39, 0.29) is 91.8 Å². The van der Waals surface area contributed by atoms with Crippen LogP contribution in [-0.2, 0) is 23.4 Å². The average molecular weight is 916 g/mol. The van der Waals surface area contributed by atoms with Crippen molar-refractivity contribution < 1.29 is 81.4 Å². The molecular formula is C38H70AcF2O6Si. The molecule has 0 aromatic carbocycles. The predicted molar refractivity (Wildman–Crippen MR) is 189 cm³/mol. The van der Waals surface area contributed by atoms with E-state index >= 15 is 8.78 Å². The molecule has 5 unspecified atom stereocenters. The van der Waals surface area contributed by atoms with Crippen molar-refractivity contribution in [2.24, 2.45) is 11.8 Å². The zero-order valence-corrected chi connectivity index (χ0v) is 37.5. The summed E-state index contributed by atoms with van der Waals surface area (Å²) in [6.45, 7) is 16.8. The molecule has 0 amide bonds. The molecule has 0 spiro atoms. The van der Waals surface area contributed by atoms with E-state index in [0.29, 0.717) is 25.9 Å². The molecule has 10 heteroatoms. The summed E-state index contributed by atoms with van der Waals surface area (Å²) in [6.07, 6.45) is 14.6. The molecular weight excluding hydrogens is 845 g/mol. The van der Waals surface area contributed by atoms with Crippen molar-refractivity contribution >= 4 is 14.3 Å². The molecule has 2 aliphatic rings. The van der Waals surface area contributed by atoms with Crippen LogP contribution in [0.25, 0.3) is 0 Å². The fraction of sp³-hybridized carbons (Fsp3) is 0.921. The van der Waals surface area contributed by atoms with Gasteiger partial charge in [-0.1, -0.05) is 91.2 Å². The third-order valence-electron chi connectivity index (χ3n) is 10.4. The van der Waals surface area contributed by atoms with E-state index in [1.54, 1.807) is 6.08 Å². The van der Waals surface area contributed by atoms with Gasteiger partial charge in [0, 0.05) is 75.8 Å². The van der Waals surface area contributed by atoms with Gasteiger partial charge in [-0.3, -0.25) is 4.79 Å². The van der Waals surface area contributed by atoms with Gasteiger partial charge >= 0.3 is 5.97 Å². The molecule has 2 fully saturated rings. The maximum absolute atomic E-state index is 15.9. The fourth-order valence-electron chi connectivity index (χ4n) is 6.51. The van der Waals surface area contributed by atoms with Gasteiger partial charge in [-0.15, -0.1) is 0 Å². The van der Waals surface area contributed by atoms with Crippen LogP contribution in [0.5, 0.6) is 0 Å². The molecule has 2 rings (SSSR count). The molecule has 1 aliphatic carbocycles. The topological polar surface area (TPSA) is 74.2 Å². The largest absolute Gasteiger partial charge is 0.463 e. The van der Waals surface area contributed by atoms with Crippen molar-refractivity contribution in [2.75, 3.05) is 6.61 Å². The molecule has 0 bridgehead atoms. The molecule has 6 nitrogen and oxygen atoms in total. The Morgan fingerprint density at radius 1 is 1.00 bits per heavy atom. The summed E-state index contributed by atoms with van der Waals surface area (Å²) < 4.78 is 55.9. The second-order valence-electron chi connectivity index (χ2n) is 16.0. The minimum absolute atomic E-state index is 0. The third-order valence-corrected chi connectivity index (χ3v) is 14.9. The Morgan fingerprint density at radius 2 is 1.65 bits per heavy atom. The number of unbranched alkanes of at least 4 members (excludes halogenated alkanes) is 8. The minimum Gasteiger partial charge on any atom is -0.463 e. The number of carbonyl (C=O) groups is 1. The summed E-state index contributed by atoms with van der Waals surface area (Å²) in [5.41, 5.74) is 0. The zero-order valence-electron chi connectivity index (χ0n) is 31.7. The smallest absolute Gasteiger partial charge is 0.306 e. The van der Waals surface area contributed by atoms with Crippen LogP contribution in [0.15, 0.2) is 12.2 Å². The Morgan fingerprint density at radius 3 is 2.25 bits per heavy atom. The van der Waals surface area contributed by atoms with Crippen molar-refractivity contribution in [1.29, 1.82) is 0 Å². The molecule has 6 atom stereocenters. The molecule has 1 saturated heterocycles. The van der Waals surface area contributed by atoms with E-state index in [1.165, 1.54) is 0 Å². The first kappa shape index (κ1) is 46.6. The van der Waals surface area contributed by atoms with Gasteiger partial charge < -0.3 is 23.7 Å². The molecule has 1 aliphatic heterocycles.